The first-order chi connectivity index (χ1) is 13.4. The van der Waals surface area contributed by atoms with E-state index in [0.717, 1.165) is 0 Å². The van der Waals surface area contributed by atoms with Crippen LogP contribution >= 0.6 is 35.3 Å². The number of rotatable bonds is 9. The number of carbonyl (C=O) groups is 3. The largest absolute Gasteiger partial charge is 0.477 e. The molecule has 0 aliphatic carbocycles. The highest BCUT2D eigenvalue weighted by Gasteiger charge is 2.54. The lowest BCUT2D eigenvalue weighted by Gasteiger charge is -2.49. The van der Waals surface area contributed by atoms with Crippen LogP contribution < -0.4 is 5.32 Å². The van der Waals surface area contributed by atoms with Gasteiger partial charge in [0.05, 0.1) is 11.7 Å². The van der Waals surface area contributed by atoms with Gasteiger partial charge in [-0.3, -0.25) is 14.5 Å². The molecule has 1 fully saturated rings. The summed E-state index contributed by atoms with van der Waals surface area (Å²) in [6, 6.07) is -0.716. The minimum absolute atomic E-state index is 0.0179. The zero-order valence-corrected chi connectivity index (χ0v) is 17.5. The number of aliphatic carboxylic acids is 1. The molecular weight excluding hydrogens is 428 g/mol. The number of hydrogen-bond donors (Lipinski definition) is 2. The molecule has 0 bridgehead atoms. The molecule has 3 rings (SSSR count). The van der Waals surface area contributed by atoms with E-state index in [1.807, 2.05) is 0 Å². The summed E-state index contributed by atoms with van der Waals surface area (Å²) in [6.07, 6.45) is 0. The normalized spacial score (nSPS) is 21.4. The van der Waals surface area contributed by atoms with Crippen molar-refractivity contribution in [2.45, 2.75) is 16.6 Å². The third kappa shape index (κ3) is 4.29. The summed E-state index contributed by atoms with van der Waals surface area (Å²) in [6.45, 7) is 0. The van der Waals surface area contributed by atoms with Crippen molar-refractivity contribution in [2.24, 2.45) is 7.05 Å². The van der Waals surface area contributed by atoms with Crippen LogP contribution in [-0.2, 0) is 26.2 Å². The van der Waals surface area contributed by atoms with Crippen LogP contribution in [0.25, 0.3) is 0 Å². The van der Waals surface area contributed by atoms with Crippen molar-refractivity contribution in [1.29, 1.82) is 0 Å². The molecule has 1 saturated heterocycles. The maximum absolute atomic E-state index is 12.5. The number of β-lactam (4-membered cyclic amide) rings is 1. The van der Waals surface area contributed by atoms with E-state index < -0.39 is 23.3 Å². The highest BCUT2D eigenvalue weighted by Crippen LogP contribution is 2.41. The van der Waals surface area contributed by atoms with E-state index in [9.17, 15) is 19.5 Å². The molecule has 11 nitrogen and oxygen atoms in total. The SMILES string of the molecule is COCSCC(=O)NC1C(=O)N2C(C(=O)O)=C(CSc3nnnn3C)CSC12. The van der Waals surface area contributed by atoms with Crippen molar-refractivity contribution in [1.82, 2.24) is 30.4 Å². The fourth-order valence-electron chi connectivity index (χ4n) is 2.72. The predicted molar refractivity (Wildman–Crippen MR) is 104 cm³/mol. The molecule has 0 spiro atoms. The monoisotopic (exact) mass is 446 g/mol. The molecule has 0 saturated carbocycles. The molecular formula is C14H18N6O5S3. The molecule has 2 N–H and O–H groups in total. The lowest BCUT2D eigenvalue weighted by molar-refractivity contribution is -0.150. The van der Waals surface area contributed by atoms with Gasteiger partial charge >= 0.3 is 5.97 Å². The average Bonchev–Trinajstić information content (AvgIpc) is 3.08. The number of carboxylic acid groups (broad SMARTS) is 1. The minimum atomic E-state index is -1.16. The van der Waals surface area contributed by atoms with Gasteiger partial charge in [-0.05, 0) is 16.0 Å². The first kappa shape index (κ1) is 21.0. The highest BCUT2D eigenvalue weighted by molar-refractivity contribution is 8.01. The fraction of sp³-hybridized carbons (Fsp3) is 0.571. The third-order valence-electron chi connectivity index (χ3n) is 3.96. The first-order valence-electron chi connectivity index (χ1n) is 8.05. The smallest absolute Gasteiger partial charge is 0.352 e. The number of aryl methyl sites for hydroxylation is 1. The van der Waals surface area contributed by atoms with E-state index in [0.29, 0.717) is 28.2 Å². The maximum atomic E-state index is 12.5. The Morgan fingerprint density at radius 2 is 2.25 bits per heavy atom. The Kier molecular flexibility index (Phi) is 6.85. The van der Waals surface area contributed by atoms with Gasteiger partial charge in [0, 0.05) is 25.7 Å². The van der Waals surface area contributed by atoms with Gasteiger partial charge in [-0.25, -0.2) is 9.48 Å². The van der Waals surface area contributed by atoms with Gasteiger partial charge in [0.1, 0.15) is 17.1 Å². The van der Waals surface area contributed by atoms with Crippen LogP contribution in [0.3, 0.4) is 0 Å². The summed E-state index contributed by atoms with van der Waals surface area (Å²) in [5, 5.41) is 23.6. The highest BCUT2D eigenvalue weighted by atomic mass is 32.2. The molecule has 0 aromatic carbocycles. The number of hydrogen-bond acceptors (Lipinski definition) is 10. The van der Waals surface area contributed by atoms with Gasteiger partial charge < -0.3 is 15.2 Å². The molecule has 0 radical (unpaired) electrons. The number of amides is 2. The molecule has 2 unspecified atom stereocenters. The molecule has 28 heavy (non-hydrogen) atoms. The molecule has 152 valence electrons. The summed E-state index contributed by atoms with van der Waals surface area (Å²) in [5.41, 5.74) is 0.603. The number of methoxy groups -OCH3 is 1. The average molecular weight is 447 g/mol. The van der Waals surface area contributed by atoms with Crippen molar-refractivity contribution in [3.63, 3.8) is 0 Å². The second-order valence-corrected chi connectivity index (χ2v) is 8.82. The number of nitrogens with zero attached hydrogens (tertiary/aromatic N) is 5. The van der Waals surface area contributed by atoms with Gasteiger partial charge in [-0.2, -0.15) is 0 Å². The Hall–Kier alpha value is -1.77. The molecule has 1 aromatic rings. The Bertz CT molecular complexity index is 815. The van der Waals surface area contributed by atoms with Crippen LogP contribution in [0.4, 0.5) is 0 Å². The molecule has 2 atom stereocenters. The van der Waals surface area contributed by atoms with Crippen molar-refractivity contribution in [3.8, 4) is 0 Å². The second kappa shape index (κ2) is 9.15. The zero-order valence-electron chi connectivity index (χ0n) is 15.0. The van der Waals surface area contributed by atoms with Crippen LogP contribution in [0.2, 0.25) is 0 Å². The predicted octanol–water partition coefficient (Wildman–Crippen LogP) is -0.622. The number of ether oxygens (including phenoxy) is 1. The van der Waals surface area contributed by atoms with E-state index in [-0.39, 0.29) is 17.4 Å². The van der Waals surface area contributed by atoms with Gasteiger partial charge in [0.25, 0.3) is 5.91 Å². The topological polar surface area (TPSA) is 140 Å². The quantitative estimate of drug-likeness (QED) is 0.217. The first-order valence-corrected chi connectivity index (χ1v) is 11.2. The van der Waals surface area contributed by atoms with Crippen molar-refractivity contribution >= 4 is 53.1 Å². The summed E-state index contributed by atoms with van der Waals surface area (Å²) in [5.74, 6) is -0.511. The number of thioether (sulfide) groups is 3. The molecule has 2 amide bonds. The second-order valence-electron chi connectivity index (χ2n) is 5.84. The lowest BCUT2D eigenvalue weighted by atomic mass is 10.0. The zero-order chi connectivity index (χ0) is 20.3. The van der Waals surface area contributed by atoms with Crippen molar-refractivity contribution < 1.29 is 24.2 Å². The Labute approximate surface area is 173 Å². The van der Waals surface area contributed by atoms with Gasteiger partial charge in [0.2, 0.25) is 11.1 Å². The Morgan fingerprint density at radius 3 is 2.89 bits per heavy atom. The number of fused-ring (bicyclic) bond motifs is 1. The van der Waals surface area contributed by atoms with Crippen LogP contribution in [-0.4, -0.2) is 89.7 Å². The van der Waals surface area contributed by atoms with Gasteiger partial charge in [-0.15, -0.1) is 28.6 Å². The van der Waals surface area contributed by atoms with Crippen LogP contribution in [0.5, 0.6) is 0 Å². The van der Waals surface area contributed by atoms with Crippen LogP contribution in [0.15, 0.2) is 16.4 Å². The standard InChI is InChI=1S/C14H18N6O5S3/c1-19-14(16-17-18-19)28-4-7-3-27-12-9(15-8(21)5-26-6-25-2)11(22)20(12)10(7)13(23)24/h9,12H,3-6H2,1-2H3,(H,15,21)(H,23,24). The van der Waals surface area contributed by atoms with E-state index in [1.165, 1.54) is 52.0 Å². The number of carbonyl (C=O) groups excluding carboxylic acids is 2. The number of aromatic nitrogens is 4. The summed E-state index contributed by atoms with van der Waals surface area (Å²) < 4.78 is 6.36. The molecule has 2 aliphatic heterocycles. The van der Waals surface area contributed by atoms with Gasteiger partial charge in [-0.1, -0.05) is 11.8 Å². The van der Waals surface area contributed by atoms with Crippen LogP contribution in [0.1, 0.15) is 0 Å². The van der Waals surface area contributed by atoms with Crippen LogP contribution in [0, 0.1) is 0 Å². The number of tetrazole rings is 1. The van der Waals surface area contributed by atoms with E-state index in [2.05, 4.69) is 20.8 Å². The molecule has 14 heteroatoms. The lowest BCUT2D eigenvalue weighted by Crippen LogP contribution is -2.70. The Balaban J connectivity index is 1.66. The van der Waals surface area contributed by atoms with Crippen molar-refractivity contribution in [2.75, 3.05) is 30.3 Å². The molecule has 1 aromatic heterocycles. The number of nitrogens with one attached hydrogen (secondary N) is 1. The fourth-order valence-corrected chi connectivity index (χ4v) is 5.58. The van der Waals surface area contributed by atoms with Crippen molar-refractivity contribution in [3.05, 3.63) is 11.3 Å². The summed E-state index contributed by atoms with van der Waals surface area (Å²) in [4.78, 5) is 37.6. The van der Waals surface area contributed by atoms with Gasteiger partial charge in [0.15, 0.2) is 0 Å². The van der Waals surface area contributed by atoms with E-state index >= 15 is 0 Å². The molecule has 3 heterocycles. The van der Waals surface area contributed by atoms with E-state index in [4.69, 9.17) is 4.74 Å². The third-order valence-corrected chi connectivity index (χ3v) is 7.26. The summed E-state index contributed by atoms with van der Waals surface area (Å²) >= 11 is 4.02. The minimum Gasteiger partial charge on any atom is -0.477 e. The number of carboxylic acids is 1. The summed E-state index contributed by atoms with van der Waals surface area (Å²) in [7, 11) is 3.23. The molecule has 2 aliphatic rings. The Morgan fingerprint density at radius 1 is 1.46 bits per heavy atom. The maximum Gasteiger partial charge on any atom is 0.352 e. The van der Waals surface area contributed by atoms with E-state index in [1.54, 1.807) is 7.05 Å².